The summed E-state index contributed by atoms with van der Waals surface area (Å²) in [6.07, 6.45) is 4.35. The Balaban J connectivity index is 2.04. The lowest BCUT2D eigenvalue weighted by Gasteiger charge is -2.33. The number of hydrazone groups is 1. The first-order chi connectivity index (χ1) is 10.8. The van der Waals surface area contributed by atoms with Gasteiger partial charge in [-0.2, -0.15) is 5.10 Å². The van der Waals surface area contributed by atoms with Crippen molar-refractivity contribution >= 4 is 12.2 Å². The van der Waals surface area contributed by atoms with Crippen LogP contribution in [0.4, 0.5) is 0 Å². The van der Waals surface area contributed by atoms with Crippen LogP contribution in [0.2, 0.25) is 0 Å². The molecule has 0 radical (unpaired) electrons. The monoisotopic (exact) mass is 290 g/mol. The number of aryl methyl sites for hydroxylation is 1. The van der Waals surface area contributed by atoms with E-state index in [1.54, 1.807) is 0 Å². The molecule has 1 aliphatic rings. The molecule has 1 aliphatic heterocycles. The van der Waals surface area contributed by atoms with Gasteiger partial charge in [0.2, 0.25) is 0 Å². The first-order valence-electron chi connectivity index (χ1n) is 7.51. The number of rotatable bonds is 4. The topological polar surface area (TPSA) is 32.7 Å². The van der Waals surface area contributed by atoms with Gasteiger partial charge in [-0.15, -0.1) is 0 Å². The number of benzene rings is 2. The Kier molecular flexibility index (Phi) is 4.17. The number of nitrogens with zero attached hydrogens (tertiary/aromatic N) is 2. The Morgan fingerprint density at radius 1 is 1.18 bits per heavy atom. The summed E-state index contributed by atoms with van der Waals surface area (Å²) in [4.78, 5) is 10.6. The Morgan fingerprint density at radius 3 is 2.68 bits per heavy atom. The third-order valence-electron chi connectivity index (χ3n) is 4.00. The maximum absolute atomic E-state index is 10.6. The fourth-order valence-corrected chi connectivity index (χ4v) is 2.81. The van der Waals surface area contributed by atoms with Gasteiger partial charge in [0, 0.05) is 11.6 Å². The van der Waals surface area contributed by atoms with Crippen LogP contribution >= 0.6 is 0 Å². The minimum absolute atomic E-state index is 0.0247. The first-order valence-corrected chi connectivity index (χ1v) is 7.51. The lowest BCUT2D eigenvalue weighted by atomic mass is 9.92. The van der Waals surface area contributed by atoms with Gasteiger partial charge in [-0.25, -0.2) is 4.79 Å². The second kappa shape index (κ2) is 6.42. The summed E-state index contributed by atoms with van der Waals surface area (Å²) in [7, 11) is 0. The number of hydrogen-bond donors (Lipinski definition) is 0. The maximum Gasteiger partial charge on any atom is 0.121 e. The highest BCUT2D eigenvalue weighted by atomic mass is 16.1. The highest BCUT2D eigenvalue weighted by molar-refractivity contribution is 5.83. The third-order valence-corrected chi connectivity index (χ3v) is 4.00. The molecule has 0 saturated heterocycles. The minimum Gasteiger partial charge on any atom is -0.280 e. The van der Waals surface area contributed by atoms with Crippen molar-refractivity contribution in [2.45, 2.75) is 19.4 Å². The largest absolute Gasteiger partial charge is 0.280 e. The van der Waals surface area contributed by atoms with E-state index in [9.17, 15) is 4.79 Å². The molecule has 110 valence electrons. The molecule has 2 aromatic rings. The molecule has 1 atom stereocenters. The van der Waals surface area contributed by atoms with Crippen LogP contribution in [-0.2, 0) is 11.2 Å². The zero-order chi connectivity index (χ0) is 15.4. The van der Waals surface area contributed by atoms with E-state index in [0.717, 1.165) is 12.0 Å². The molecule has 3 nitrogen and oxygen atoms in total. The van der Waals surface area contributed by atoms with E-state index in [4.69, 9.17) is 0 Å². The maximum atomic E-state index is 10.6. The number of fused-ring (bicyclic) bond motifs is 1. The van der Waals surface area contributed by atoms with Crippen molar-refractivity contribution in [3.05, 3.63) is 76.9 Å². The van der Waals surface area contributed by atoms with Crippen LogP contribution in [0.1, 0.15) is 35.2 Å². The molecular weight excluding hydrogens is 272 g/mol. The number of hydrogen-bond acceptors (Lipinski definition) is 3. The molecule has 0 aromatic heterocycles. The Bertz CT molecular complexity index is 727. The predicted molar refractivity (Wildman–Crippen MR) is 88.7 cm³/mol. The highest BCUT2D eigenvalue weighted by Gasteiger charge is 2.25. The molecule has 0 fully saturated rings. The molecular formula is C19H18N2O. The zero-order valence-corrected chi connectivity index (χ0v) is 12.6. The van der Waals surface area contributed by atoms with Gasteiger partial charge in [0.25, 0.3) is 0 Å². The van der Waals surface area contributed by atoms with Gasteiger partial charge in [0.15, 0.2) is 0 Å². The summed E-state index contributed by atoms with van der Waals surface area (Å²) in [5.41, 5.74) is 4.83. The smallest absolute Gasteiger partial charge is 0.121 e. The lowest BCUT2D eigenvalue weighted by molar-refractivity contribution is 0.260. The molecule has 3 heteroatoms. The van der Waals surface area contributed by atoms with E-state index in [2.05, 4.69) is 48.4 Å². The summed E-state index contributed by atoms with van der Waals surface area (Å²) < 4.78 is 0. The Morgan fingerprint density at radius 2 is 1.95 bits per heavy atom. The summed E-state index contributed by atoms with van der Waals surface area (Å²) >= 11 is 0. The van der Waals surface area contributed by atoms with E-state index in [0.29, 0.717) is 6.54 Å². The van der Waals surface area contributed by atoms with E-state index in [-0.39, 0.29) is 6.04 Å². The predicted octanol–water partition coefficient (Wildman–Crippen LogP) is 3.38. The van der Waals surface area contributed by atoms with Crippen molar-refractivity contribution in [1.82, 2.24) is 5.01 Å². The van der Waals surface area contributed by atoms with Crippen molar-refractivity contribution in [1.29, 1.82) is 0 Å². The van der Waals surface area contributed by atoms with Gasteiger partial charge in [-0.3, -0.25) is 5.01 Å². The van der Waals surface area contributed by atoms with Crippen LogP contribution in [-0.4, -0.2) is 23.7 Å². The molecule has 1 unspecified atom stereocenters. The normalized spacial score (nSPS) is 16.0. The van der Waals surface area contributed by atoms with Crippen molar-refractivity contribution in [3.63, 3.8) is 0 Å². The molecule has 0 spiro atoms. The van der Waals surface area contributed by atoms with Gasteiger partial charge in [0.05, 0.1) is 18.8 Å². The standard InChI is InChI=1S/C19H18N2O/c1-2-15-8-10-16(11-9-15)19-18-7-4-3-6-17(18)14-20-21(19)12-5-13-22/h3-11,14,19H,2,12H2,1H3. The average Bonchev–Trinajstić information content (AvgIpc) is 2.59. The second-order valence-corrected chi connectivity index (χ2v) is 5.32. The average molecular weight is 290 g/mol. The lowest BCUT2D eigenvalue weighted by Crippen LogP contribution is -2.29. The molecule has 0 saturated carbocycles. The molecule has 22 heavy (non-hydrogen) atoms. The third kappa shape index (κ3) is 2.72. The van der Waals surface area contributed by atoms with Gasteiger partial charge >= 0.3 is 0 Å². The molecule has 1 heterocycles. The fraction of sp³-hybridized carbons (Fsp3) is 0.211. The van der Waals surface area contributed by atoms with Gasteiger partial charge in [0.1, 0.15) is 5.94 Å². The first kappa shape index (κ1) is 14.3. The van der Waals surface area contributed by atoms with Crippen molar-refractivity contribution in [2.75, 3.05) is 6.54 Å². The molecule has 0 amide bonds. The molecule has 0 bridgehead atoms. The van der Waals surface area contributed by atoms with Crippen LogP contribution < -0.4 is 0 Å². The summed E-state index contributed by atoms with van der Waals surface area (Å²) in [6, 6.07) is 16.9. The van der Waals surface area contributed by atoms with Crippen molar-refractivity contribution in [2.24, 2.45) is 5.10 Å². The van der Waals surface area contributed by atoms with E-state index in [1.807, 2.05) is 29.3 Å². The van der Waals surface area contributed by atoms with Crippen molar-refractivity contribution < 1.29 is 4.79 Å². The van der Waals surface area contributed by atoms with Gasteiger partial charge in [-0.1, -0.05) is 55.5 Å². The van der Waals surface area contributed by atoms with Gasteiger partial charge in [-0.05, 0) is 23.1 Å². The van der Waals surface area contributed by atoms with Crippen LogP contribution in [0.3, 0.4) is 0 Å². The minimum atomic E-state index is 0.0247. The quantitative estimate of drug-likeness (QED) is 0.809. The Labute approximate surface area is 130 Å². The number of carbonyl (C=O) groups excluding carboxylic acids is 1. The summed E-state index contributed by atoms with van der Waals surface area (Å²) in [5, 5.41) is 6.43. The van der Waals surface area contributed by atoms with Crippen LogP contribution in [0.25, 0.3) is 0 Å². The zero-order valence-electron chi connectivity index (χ0n) is 12.6. The van der Waals surface area contributed by atoms with Crippen LogP contribution in [0, 0.1) is 0 Å². The SMILES string of the molecule is CCc1ccc(C2c3ccccc3C=NN2CC=C=O)cc1. The highest BCUT2D eigenvalue weighted by Crippen LogP contribution is 2.33. The van der Waals surface area contributed by atoms with E-state index >= 15 is 0 Å². The van der Waals surface area contributed by atoms with Gasteiger partial charge < -0.3 is 0 Å². The van der Waals surface area contributed by atoms with E-state index in [1.165, 1.54) is 22.8 Å². The molecule has 0 N–H and O–H groups in total. The summed E-state index contributed by atoms with van der Waals surface area (Å²) in [5.74, 6) is 1.84. The molecule has 2 aromatic carbocycles. The van der Waals surface area contributed by atoms with Crippen LogP contribution in [0.5, 0.6) is 0 Å². The summed E-state index contributed by atoms with van der Waals surface area (Å²) in [6.45, 7) is 2.60. The fourth-order valence-electron chi connectivity index (χ4n) is 2.81. The Hall–Kier alpha value is -2.64. The molecule has 0 aliphatic carbocycles. The van der Waals surface area contributed by atoms with Crippen molar-refractivity contribution in [3.8, 4) is 0 Å². The van der Waals surface area contributed by atoms with E-state index < -0.39 is 0 Å². The molecule has 3 rings (SSSR count). The second-order valence-electron chi connectivity index (χ2n) is 5.32. The van der Waals surface area contributed by atoms with Crippen LogP contribution in [0.15, 0.2) is 59.7 Å².